The lowest BCUT2D eigenvalue weighted by Crippen LogP contribution is -2.39. The van der Waals surface area contributed by atoms with Crippen molar-refractivity contribution in [3.63, 3.8) is 0 Å². The largest absolute Gasteiger partial charge is 0.493 e. The van der Waals surface area contributed by atoms with E-state index in [0.717, 1.165) is 0 Å². The van der Waals surface area contributed by atoms with Crippen molar-refractivity contribution in [2.45, 2.75) is 26.7 Å². The first-order chi connectivity index (χ1) is 12.0. The number of carbonyl (C=O) groups is 2. The van der Waals surface area contributed by atoms with Gasteiger partial charge in [-0.15, -0.1) is 0 Å². The molecular weight excluding hydrogens is 322 g/mol. The predicted octanol–water partition coefficient (Wildman–Crippen LogP) is 2.58. The molecule has 1 atom stereocenters. The summed E-state index contributed by atoms with van der Waals surface area (Å²) >= 11 is 0. The quantitative estimate of drug-likeness (QED) is 0.753. The Kier molecular flexibility index (Phi) is 7.25. The number of hydrogen-bond donors (Lipinski definition) is 2. The number of amides is 1. The number of carbonyl (C=O) groups excluding carboxylic acids is 1. The van der Waals surface area contributed by atoms with Crippen LogP contribution in [0.25, 0.3) is 0 Å². The van der Waals surface area contributed by atoms with Crippen LogP contribution in [0, 0.1) is 17.8 Å². The summed E-state index contributed by atoms with van der Waals surface area (Å²) in [6, 6.07) is 6.95. The van der Waals surface area contributed by atoms with E-state index < -0.39 is 11.9 Å². The van der Waals surface area contributed by atoms with Gasteiger partial charge in [-0.3, -0.25) is 9.59 Å². The molecule has 1 unspecified atom stereocenters. The van der Waals surface area contributed by atoms with E-state index in [1.165, 1.54) is 0 Å². The Morgan fingerprint density at radius 1 is 1.32 bits per heavy atom. The van der Waals surface area contributed by atoms with E-state index in [1.807, 2.05) is 0 Å². The Hall–Kier alpha value is -2.08. The van der Waals surface area contributed by atoms with Gasteiger partial charge in [0.2, 0.25) is 0 Å². The maximum atomic E-state index is 12.4. The zero-order valence-electron chi connectivity index (χ0n) is 14.9. The van der Waals surface area contributed by atoms with Crippen LogP contribution in [0.1, 0.15) is 37.0 Å². The van der Waals surface area contributed by atoms with Gasteiger partial charge in [-0.1, -0.05) is 19.9 Å². The molecule has 2 rings (SSSR count). The van der Waals surface area contributed by atoms with E-state index in [-0.39, 0.29) is 18.4 Å². The summed E-state index contributed by atoms with van der Waals surface area (Å²) < 4.78 is 10.9. The van der Waals surface area contributed by atoms with Gasteiger partial charge in [-0.05, 0) is 42.9 Å². The van der Waals surface area contributed by atoms with Crippen LogP contribution < -0.4 is 10.1 Å². The molecule has 1 fully saturated rings. The Morgan fingerprint density at radius 3 is 2.68 bits per heavy atom. The van der Waals surface area contributed by atoms with Crippen LogP contribution in [0.5, 0.6) is 5.75 Å². The zero-order valence-corrected chi connectivity index (χ0v) is 14.9. The zero-order chi connectivity index (χ0) is 18.2. The Balaban J connectivity index is 1.93. The first kappa shape index (κ1) is 19.2. The van der Waals surface area contributed by atoms with Gasteiger partial charge in [-0.25, -0.2) is 0 Å². The molecule has 1 aromatic rings. The molecule has 25 heavy (non-hydrogen) atoms. The molecule has 2 N–H and O–H groups in total. The first-order valence-electron chi connectivity index (χ1n) is 8.79. The molecule has 0 saturated carbocycles. The molecule has 1 saturated heterocycles. The minimum atomic E-state index is -0.874. The van der Waals surface area contributed by atoms with Gasteiger partial charge in [0, 0.05) is 25.3 Å². The van der Waals surface area contributed by atoms with Crippen molar-refractivity contribution in [3.05, 3.63) is 29.8 Å². The molecular formula is C19H27NO5. The monoisotopic (exact) mass is 349 g/mol. The van der Waals surface area contributed by atoms with E-state index >= 15 is 0 Å². The van der Waals surface area contributed by atoms with Crippen molar-refractivity contribution in [2.75, 3.05) is 26.4 Å². The fraction of sp³-hybridized carbons (Fsp3) is 0.579. The van der Waals surface area contributed by atoms with Crippen LogP contribution in [0.2, 0.25) is 0 Å². The Morgan fingerprint density at radius 2 is 2.04 bits per heavy atom. The van der Waals surface area contributed by atoms with Gasteiger partial charge < -0.3 is 19.9 Å². The van der Waals surface area contributed by atoms with Crippen molar-refractivity contribution in [1.29, 1.82) is 0 Å². The number of benzene rings is 1. The predicted molar refractivity (Wildman–Crippen MR) is 93.8 cm³/mol. The van der Waals surface area contributed by atoms with E-state index in [4.69, 9.17) is 9.47 Å². The Bertz CT molecular complexity index is 581. The molecule has 0 bridgehead atoms. The van der Waals surface area contributed by atoms with Crippen LogP contribution in [0.15, 0.2) is 24.3 Å². The van der Waals surface area contributed by atoms with E-state index in [1.54, 1.807) is 24.3 Å². The van der Waals surface area contributed by atoms with Crippen molar-refractivity contribution in [2.24, 2.45) is 17.8 Å². The van der Waals surface area contributed by atoms with E-state index in [0.29, 0.717) is 49.9 Å². The number of carboxylic acid groups (broad SMARTS) is 1. The fourth-order valence-electron chi connectivity index (χ4n) is 2.87. The van der Waals surface area contributed by atoms with Gasteiger partial charge in [0.15, 0.2) is 0 Å². The van der Waals surface area contributed by atoms with Gasteiger partial charge in [-0.2, -0.15) is 0 Å². The number of hydrogen-bond acceptors (Lipinski definition) is 4. The summed E-state index contributed by atoms with van der Waals surface area (Å²) in [5.41, 5.74) is 0.470. The number of nitrogens with one attached hydrogen (secondary N) is 1. The van der Waals surface area contributed by atoms with Crippen LogP contribution in [0.4, 0.5) is 0 Å². The average molecular weight is 349 g/mol. The van der Waals surface area contributed by atoms with Crippen LogP contribution in [0.3, 0.4) is 0 Å². The standard InChI is InChI=1S/C19H27NO5/c1-13(2)12-25-16-5-3-4-15(10-16)18(21)20-11-17(19(22)23)14-6-8-24-9-7-14/h3-5,10,13-14,17H,6-9,11-12H2,1-2H3,(H,20,21)(H,22,23). The molecule has 1 aliphatic rings. The third-order valence-corrected chi connectivity index (χ3v) is 4.31. The molecule has 1 aliphatic heterocycles. The lowest BCUT2D eigenvalue weighted by molar-refractivity contribution is -0.144. The molecule has 1 heterocycles. The summed E-state index contributed by atoms with van der Waals surface area (Å²) in [5.74, 6) is -0.677. The topological polar surface area (TPSA) is 84.9 Å². The summed E-state index contributed by atoms with van der Waals surface area (Å²) in [6.07, 6.45) is 1.43. The average Bonchev–Trinajstić information content (AvgIpc) is 2.61. The van der Waals surface area contributed by atoms with E-state index in [9.17, 15) is 14.7 Å². The molecule has 1 amide bonds. The second-order valence-electron chi connectivity index (χ2n) is 6.84. The fourth-order valence-corrected chi connectivity index (χ4v) is 2.87. The summed E-state index contributed by atoms with van der Waals surface area (Å²) in [7, 11) is 0. The van der Waals surface area contributed by atoms with Gasteiger partial charge in [0.1, 0.15) is 5.75 Å². The highest BCUT2D eigenvalue weighted by molar-refractivity contribution is 5.94. The van der Waals surface area contributed by atoms with Crippen molar-refractivity contribution in [1.82, 2.24) is 5.32 Å². The minimum Gasteiger partial charge on any atom is -0.493 e. The molecule has 6 nitrogen and oxygen atoms in total. The smallest absolute Gasteiger partial charge is 0.308 e. The van der Waals surface area contributed by atoms with E-state index in [2.05, 4.69) is 19.2 Å². The molecule has 0 aliphatic carbocycles. The minimum absolute atomic E-state index is 0.0345. The number of aliphatic carboxylic acids is 1. The third-order valence-electron chi connectivity index (χ3n) is 4.31. The molecule has 138 valence electrons. The van der Waals surface area contributed by atoms with Crippen molar-refractivity contribution >= 4 is 11.9 Å². The van der Waals surface area contributed by atoms with Gasteiger partial charge >= 0.3 is 5.97 Å². The van der Waals surface area contributed by atoms with Crippen LogP contribution >= 0.6 is 0 Å². The highest BCUT2D eigenvalue weighted by Crippen LogP contribution is 2.24. The summed E-state index contributed by atoms with van der Waals surface area (Å²) in [6.45, 7) is 5.97. The lowest BCUT2D eigenvalue weighted by Gasteiger charge is -2.27. The SMILES string of the molecule is CC(C)COc1cccc(C(=O)NCC(C(=O)O)C2CCOCC2)c1. The molecule has 6 heteroatoms. The Labute approximate surface area is 148 Å². The maximum absolute atomic E-state index is 12.4. The maximum Gasteiger partial charge on any atom is 0.308 e. The third kappa shape index (κ3) is 6.05. The number of rotatable bonds is 8. The molecule has 1 aromatic carbocycles. The van der Waals surface area contributed by atoms with Crippen molar-refractivity contribution < 1.29 is 24.2 Å². The second kappa shape index (κ2) is 9.42. The van der Waals surface area contributed by atoms with Gasteiger partial charge in [0.05, 0.1) is 12.5 Å². The highest BCUT2D eigenvalue weighted by atomic mass is 16.5. The van der Waals surface area contributed by atoms with Crippen molar-refractivity contribution in [3.8, 4) is 5.75 Å². The molecule has 0 radical (unpaired) electrons. The number of carboxylic acids is 1. The first-order valence-corrected chi connectivity index (χ1v) is 8.79. The lowest BCUT2D eigenvalue weighted by atomic mass is 9.86. The van der Waals surface area contributed by atoms with Crippen LogP contribution in [-0.2, 0) is 9.53 Å². The molecule has 0 aromatic heterocycles. The summed E-state index contributed by atoms with van der Waals surface area (Å²) in [5, 5.41) is 12.2. The molecule has 0 spiro atoms. The highest BCUT2D eigenvalue weighted by Gasteiger charge is 2.30. The summed E-state index contributed by atoms with van der Waals surface area (Å²) in [4.78, 5) is 23.9. The second-order valence-corrected chi connectivity index (χ2v) is 6.84. The normalized spacial score (nSPS) is 16.4. The van der Waals surface area contributed by atoms with Crippen LogP contribution in [-0.4, -0.2) is 43.3 Å². The number of ether oxygens (including phenoxy) is 2. The van der Waals surface area contributed by atoms with Gasteiger partial charge in [0.25, 0.3) is 5.91 Å².